The van der Waals surface area contributed by atoms with Crippen LogP contribution in [0.2, 0.25) is 15.1 Å². The molecule has 0 aliphatic heterocycles. The van der Waals surface area contributed by atoms with Gasteiger partial charge in [-0.15, -0.1) is 0 Å². The Morgan fingerprint density at radius 1 is 1.22 bits per heavy atom. The first-order chi connectivity index (χ1) is 8.54. The lowest BCUT2D eigenvalue weighted by Gasteiger charge is -2.12. The maximum absolute atomic E-state index is 11.4. The summed E-state index contributed by atoms with van der Waals surface area (Å²) < 4.78 is 0. The summed E-state index contributed by atoms with van der Waals surface area (Å²) >= 11 is 17.7. The van der Waals surface area contributed by atoms with Crippen LogP contribution in [-0.2, 0) is 0 Å². The number of hydrogen-bond donors (Lipinski definition) is 3. The van der Waals surface area contributed by atoms with E-state index in [0.717, 1.165) is 12.8 Å². The Hall–Kier alpha value is -0.840. The second-order valence-corrected chi connectivity index (χ2v) is 4.85. The molecule has 1 aromatic carbocycles. The van der Waals surface area contributed by atoms with Gasteiger partial charge in [0.1, 0.15) is 0 Å². The zero-order valence-electron chi connectivity index (χ0n) is 9.82. The first kappa shape index (κ1) is 15.2. The summed E-state index contributed by atoms with van der Waals surface area (Å²) in [6.45, 7) is 2.66. The summed E-state index contributed by atoms with van der Waals surface area (Å²) in [6.07, 6.45) is 1.94. The molecule has 1 aromatic rings. The van der Waals surface area contributed by atoms with Crippen molar-refractivity contribution >= 4 is 46.5 Å². The Morgan fingerprint density at radius 2 is 1.83 bits per heavy atom. The fourth-order valence-electron chi connectivity index (χ4n) is 1.20. The maximum atomic E-state index is 11.4. The normalized spacial score (nSPS) is 10.0. The van der Waals surface area contributed by atoms with Crippen LogP contribution >= 0.6 is 34.8 Å². The highest BCUT2D eigenvalue weighted by molar-refractivity contribution is 6.41. The van der Waals surface area contributed by atoms with Crippen LogP contribution in [0.5, 0.6) is 0 Å². The van der Waals surface area contributed by atoms with Crippen molar-refractivity contribution in [2.45, 2.75) is 19.8 Å². The first-order valence-electron chi connectivity index (χ1n) is 5.49. The molecular weight excluding hydrogens is 296 g/mol. The average molecular weight is 311 g/mol. The Labute approximate surface area is 121 Å². The van der Waals surface area contributed by atoms with E-state index >= 15 is 0 Å². The third kappa shape index (κ3) is 4.80. The summed E-state index contributed by atoms with van der Waals surface area (Å²) in [5.41, 5.74) is 5.51. The lowest BCUT2D eigenvalue weighted by atomic mass is 10.3. The van der Waals surface area contributed by atoms with Crippen LogP contribution in [0.1, 0.15) is 19.8 Å². The second-order valence-electron chi connectivity index (χ2n) is 3.60. The van der Waals surface area contributed by atoms with Gasteiger partial charge in [-0.2, -0.15) is 0 Å². The minimum Gasteiger partial charge on any atom is -0.337 e. The molecular formula is C11H14Cl3N3O. The SMILES string of the molecule is CCCCNC(=O)NNc1c(Cl)cc(Cl)cc1Cl. The van der Waals surface area contributed by atoms with Gasteiger partial charge in [0.15, 0.2) is 0 Å². The van der Waals surface area contributed by atoms with Crippen LogP contribution in [0.25, 0.3) is 0 Å². The first-order valence-corrected chi connectivity index (χ1v) is 6.62. The largest absolute Gasteiger partial charge is 0.337 e. The number of hydrogen-bond acceptors (Lipinski definition) is 2. The molecule has 0 atom stereocenters. The summed E-state index contributed by atoms with van der Waals surface area (Å²) in [4.78, 5) is 11.4. The lowest BCUT2D eigenvalue weighted by molar-refractivity contribution is 0.242. The topological polar surface area (TPSA) is 53.2 Å². The third-order valence-corrected chi connectivity index (χ3v) is 2.94. The number of amides is 2. The summed E-state index contributed by atoms with van der Waals surface area (Å²) in [6, 6.07) is 2.73. The van der Waals surface area contributed by atoms with Gasteiger partial charge in [0.05, 0.1) is 15.7 Å². The van der Waals surface area contributed by atoms with E-state index in [0.29, 0.717) is 27.3 Å². The molecule has 0 aliphatic rings. The molecule has 0 spiro atoms. The molecule has 100 valence electrons. The zero-order chi connectivity index (χ0) is 13.5. The average Bonchev–Trinajstić information content (AvgIpc) is 2.27. The molecule has 1 rings (SSSR count). The van der Waals surface area contributed by atoms with Crippen molar-refractivity contribution in [3.05, 3.63) is 27.2 Å². The van der Waals surface area contributed by atoms with Crippen LogP contribution in [0.15, 0.2) is 12.1 Å². The van der Waals surface area contributed by atoms with E-state index in [1.165, 1.54) is 12.1 Å². The van der Waals surface area contributed by atoms with E-state index in [1.807, 2.05) is 6.92 Å². The number of benzene rings is 1. The zero-order valence-corrected chi connectivity index (χ0v) is 12.1. The van der Waals surface area contributed by atoms with E-state index in [1.54, 1.807) is 0 Å². The van der Waals surface area contributed by atoms with Crippen molar-refractivity contribution in [1.82, 2.24) is 10.7 Å². The van der Waals surface area contributed by atoms with E-state index in [2.05, 4.69) is 16.2 Å². The molecule has 0 heterocycles. The number of carbonyl (C=O) groups is 1. The molecule has 18 heavy (non-hydrogen) atoms. The quantitative estimate of drug-likeness (QED) is 0.567. The molecule has 0 fully saturated rings. The monoisotopic (exact) mass is 309 g/mol. The van der Waals surface area contributed by atoms with Gasteiger partial charge in [-0.05, 0) is 18.6 Å². The van der Waals surface area contributed by atoms with E-state index in [9.17, 15) is 4.79 Å². The molecule has 0 radical (unpaired) electrons. The van der Waals surface area contributed by atoms with Gasteiger partial charge in [0, 0.05) is 11.6 Å². The van der Waals surface area contributed by atoms with Gasteiger partial charge in [-0.25, -0.2) is 4.79 Å². The number of hydrazine groups is 1. The predicted molar refractivity (Wildman–Crippen MR) is 76.5 cm³/mol. The van der Waals surface area contributed by atoms with Crippen LogP contribution < -0.4 is 16.2 Å². The minimum atomic E-state index is -0.342. The van der Waals surface area contributed by atoms with Crippen LogP contribution in [0, 0.1) is 0 Å². The molecule has 4 nitrogen and oxygen atoms in total. The number of unbranched alkanes of at least 4 members (excludes halogenated alkanes) is 1. The smallest absolute Gasteiger partial charge is 0.333 e. The third-order valence-electron chi connectivity index (χ3n) is 2.12. The van der Waals surface area contributed by atoms with E-state index in [-0.39, 0.29) is 6.03 Å². The van der Waals surface area contributed by atoms with Gasteiger partial charge in [0.2, 0.25) is 0 Å². The Bertz CT molecular complexity index is 403. The highest BCUT2D eigenvalue weighted by Gasteiger charge is 2.08. The van der Waals surface area contributed by atoms with Crippen LogP contribution in [0.4, 0.5) is 10.5 Å². The van der Waals surface area contributed by atoms with Crippen molar-refractivity contribution in [2.24, 2.45) is 0 Å². The van der Waals surface area contributed by atoms with E-state index < -0.39 is 0 Å². The molecule has 0 unspecified atom stereocenters. The van der Waals surface area contributed by atoms with Crippen molar-refractivity contribution in [2.75, 3.05) is 12.0 Å². The molecule has 0 saturated carbocycles. The molecule has 0 aliphatic carbocycles. The number of carbonyl (C=O) groups excluding carboxylic acids is 1. The van der Waals surface area contributed by atoms with Crippen LogP contribution in [-0.4, -0.2) is 12.6 Å². The van der Waals surface area contributed by atoms with Crippen molar-refractivity contribution < 1.29 is 4.79 Å². The number of rotatable bonds is 5. The number of anilines is 1. The Kier molecular flexibility index (Phi) is 6.39. The summed E-state index contributed by atoms with van der Waals surface area (Å²) in [5, 5.41) is 3.78. The summed E-state index contributed by atoms with van der Waals surface area (Å²) in [5.74, 6) is 0. The van der Waals surface area contributed by atoms with Crippen molar-refractivity contribution in [3.63, 3.8) is 0 Å². The highest BCUT2D eigenvalue weighted by atomic mass is 35.5. The Balaban J connectivity index is 2.51. The van der Waals surface area contributed by atoms with Gasteiger partial charge >= 0.3 is 6.03 Å². The highest BCUT2D eigenvalue weighted by Crippen LogP contribution is 2.32. The van der Waals surface area contributed by atoms with Crippen molar-refractivity contribution in [1.29, 1.82) is 0 Å². The second kappa shape index (κ2) is 7.56. The van der Waals surface area contributed by atoms with Gasteiger partial charge in [-0.1, -0.05) is 48.1 Å². The maximum Gasteiger partial charge on any atom is 0.333 e. The molecule has 0 aromatic heterocycles. The standard InChI is InChI=1S/C11H14Cl3N3O/c1-2-3-4-15-11(18)17-16-10-8(13)5-7(12)6-9(10)14/h5-6,16H,2-4H2,1H3,(H2,15,17,18). The van der Waals surface area contributed by atoms with E-state index in [4.69, 9.17) is 34.8 Å². The molecule has 0 bridgehead atoms. The fourth-order valence-corrected chi connectivity index (χ4v) is 2.12. The minimum absolute atomic E-state index is 0.335. The van der Waals surface area contributed by atoms with Crippen LogP contribution in [0.3, 0.4) is 0 Å². The molecule has 2 amide bonds. The fraction of sp³-hybridized carbons (Fsp3) is 0.364. The molecule has 7 heteroatoms. The van der Waals surface area contributed by atoms with Crippen molar-refractivity contribution in [3.8, 4) is 0 Å². The van der Waals surface area contributed by atoms with Gasteiger partial charge in [-0.3, -0.25) is 10.9 Å². The molecule has 3 N–H and O–H groups in total. The summed E-state index contributed by atoms with van der Waals surface area (Å²) in [7, 11) is 0. The predicted octanol–water partition coefficient (Wildman–Crippen LogP) is 4.07. The lowest BCUT2D eigenvalue weighted by Crippen LogP contribution is -2.39. The number of halogens is 3. The number of urea groups is 1. The molecule has 0 saturated heterocycles. The van der Waals surface area contributed by atoms with Gasteiger partial charge < -0.3 is 5.32 Å². The Morgan fingerprint density at radius 3 is 2.39 bits per heavy atom. The number of nitrogens with one attached hydrogen (secondary N) is 3. The van der Waals surface area contributed by atoms with Gasteiger partial charge in [0.25, 0.3) is 0 Å².